The van der Waals surface area contributed by atoms with Crippen LogP contribution in [0.25, 0.3) is 12.2 Å². The van der Waals surface area contributed by atoms with Crippen LogP contribution in [-0.4, -0.2) is 14.4 Å². The third-order valence-electron chi connectivity index (χ3n) is 6.90. The van der Waals surface area contributed by atoms with Gasteiger partial charge in [-0.1, -0.05) is 0 Å². The molecule has 2 aromatic carbocycles. The third kappa shape index (κ3) is 4.04. The molecule has 2 aromatic rings. The summed E-state index contributed by atoms with van der Waals surface area (Å²) in [7, 11) is -1.66. The van der Waals surface area contributed by atoms with Gasteiger partial charge in [-0.05, 0) is 0 Å². The molecule has 0 saturated carbocycles. The smallest absolute Gasteiger partial charge is 1.00 e. The summed E-state index contributed by atoms with van der Waals surface area (Å²) in [5, 5.41) is 0. The number of halogens is 2. The molecule has 5 rings (SSSR count). The van der Waals surface area contributed by atoms with Gasteiger partial charge in [0.25, 0.3) is 0 Å². The standard InChI is InChI=1S/C26H30OSi.2ClH.Zr/c1-6-25(27-28(3,4)5)26(2,23-15-19-11-7-8-12-20(19)16-23)24-17-21-13-9-10-14-22(21)18-24;;;/h7-18,25H,6H2,1-5H3;2*1H;/q;;;+2/p-2. The van der Waals surface area contributed by atoms with Crippen LogP contribution in [0, 0.1) is 5.41 Å². The zero-order valence-corrected chi connectivity index (χ0v) is 23.8. The second kappa shape index (κ2) is 9.07. The van der Waals surface area contributed by atoms with Gasteiger partial charge in [-0.15, -0.1) is 0 Å². The van der Waals surface area contributed by atoms with Crippen LogP contribution in [0.4, 0.5) is 0 Å². The molecule has 0 spiro atoms. The SMILES string of the molecule is CCC(O[Si](C)(C)C)C1(C)C2=Cc3ccccc3[CH]2[Zr+2][CH]2C1=Cc1ccccc12.[Cl-].[Cl-]. The molecule has 5 heteroatoms. The minimum absolute atomic E-state index is 0. The summed E-state index contributed by atoms with van der Waals surface area (Å²) in [4.78, 5) is 0. The van der Waals surface area contributed by atoms with E-state index in [0.717, 1.165) is 6.42 Å². The summed E-state index contributed by atoms with van der Waals surface area (Å²) in [5.41, 5.74) is 9.39. The Morgan fingerprint density at radius 2 is 1.32 bits per heavy atom. The molecule has 3 unspecified atom stereocenters. The molecule has 162 valence electrons. The second-order valence-corrected chi connectivity index (χ2v) is 17.9. The van der Waals surface area contributed by atoms with Crippen molar-refractivity contribution in [1.82, 2.24) is 0 Å². The fourth-order valence-corrected chi connectivity index (χ4v) is 12.7. The zero-order chi connectivity index (χ0) is 20.4. The van der Waals surface area contributed by atoms with E-state index in [9.17, 15) is 0 Å². The Kier molecular flexibility index (Phi) is 7.37. The average Bonchev–Trinajstić information content (AvgIpc) is 3.25. The van der Waals surface area contributed by atoms with Crippen molar-refractivity contribution in [3.05, 3.63) is 81.9 Å². The van der Waals surface area contributed by atoms with Crippen molar-refractivity contribution in [3.63, 3.8) is 0 Å². The number of hydrogen-bond donors (Lipinski definition) is 0. The van der Waals surface area contributed by atoms with Crippen LogP contribution in [0.5, 0.6) is 0 Å². The molecular weight excluding hydrogens is 519 g/mol. The summed E-state index contributed by atoms with van der Waals surface area (Å²) in [6.45, 7) is 11.8. The quantitative estimate of drug-likeness (QED) is 0.519. The summed E-state index contributed by atoms with van der Waals surface area (Å²) >= 11 is -0.733. The van der Waals surface area contributed by atoms with E-state index in [4.69, 9.17) is 4.43 Å². The number of rotatable bonds is 4. The van der Waals surface area contributed by atoms with Crippen LogP contribution < -0.4 is 24.8 Å². The van der Waals surface area contributed by atoms with E-state index in [0.29, 0.717) is 7.25 Å². The first-order valence-electron chi connectivity index (χ1n) is 10.9. The van der Waals surface area contributed by atoms with Gasteiger partial charge in [0.2, 0.25) is 0 Å². The van der Waals surface area contributed by atoms with Gasteiger partial charge in [0.15, 0.2) is 0 Å². The van der Waals surface area contributed by atoms with E-state index in [1.54, 1.807) is 22.3 Å². The van der Waals surface area contributed by atoms with Crippen molar-refractivity contribution in [2.24, 2.45) is 5.41 Å². The number of benzene rings is 2. The minimum Gasteiger partial charge on any atom is -1.00 e. The molecule has 0 bridgehead atoms. The molecule has 2 aliphatic carbocycles. The van der Waals surface area contributed by atoms with Gasteiger partial charge >= 0.3 is 189 Å². The van der Waals surface area contributed by atoms with E-state index in [1.165, 1.54) is 11.1 Å². The molecule has 1 heterocycles. The van der Waals surface area contributed by atoms with E-state index >= 15 is 0 Å². The van der Waals surface area contributed by atoms with Gasteiger partial charge in [0.05, 0.1) is 0 Å². The molecule has 0 radical (unpaired) electrons. The van der Waals surface area contributed by atoms with Crippen LogP contribution in [0.2, 0.25) is 19.6 Å². The Morgan fingerprint density at radius 3 is 1.74 bits per heavy atom. The van der Waals surface area contributed by atoms with Crippen molar-refractivity contribution in [2.75, 3.05) is 0 Å². The fourth-order valence-electron chi connectivity index (χ4n) is 5.65. The average molecular weight is 549 g/mol. The molecule has 0 amide bonds. The van der Waals surface area contributed by atoms with E-state index in [1.807, 2.05) is 0 Å². The van der Waals surface area contributed by atoms with Crippen LogP contribution in [0.1, 0.15) is 49.8 Å². The summed E-state index contributed by atoms with van der Waals surface area (Å²) < 4.78 is 8.27. The van der Waals surface area contributed by atoms with Crippen LogP contribution >= 0.6 is 0 Å². The Bertz CT molecular complexity index is 972. The topological polar surface area (TPSA) is 9.23 Å². The van der Waals surface area contributed by atoms with Gasteiger partial charge in [0, 0.05) is 0 Å². The predicted molar refractivity (Wildman–Crippen MR) is 121 cm³/mol. The molecule has 1 nitrogen and oxygen atoms in total. The Morgan fingerprint density at radius 1 is 0.871 bits per heavy atom. The van der Waals surface area contributed by atoms with Crippen molar-refractivity contribution in [3.8, 4) is 0 Å². The Balaban J connectivity index is 0.00000136. The van der Waals surface area contributed by atoms with Crippen LogP contribution in [0.3, 0.4) is 0 Å². The number of fused-ring (bicyclic) bond motifs is 6. The van der Waals surface area contributed by atoms with Gasteiger partial charge in [-0.25, -0.2) is 0 Å². The molecule has 0 aromatic heterocycles. The van der Waals surface area contributed by atoms with Crippen molar-refractivity contribution in [2.45, 2.75) is 53.3 Å². The van der Waals surface area contributed by atoms with Crippen molar-refractivity contribution in [1.29, 1.82) is 0 Å². The Labute approximate surface area is 212 Å². The molecule has 1 fully saturated rings. The maximum absolute atomic E-state index is 6.92. The zero-order valence-electron chi connectivity index (χ0n) is 18.9. The summed E-state index contributed by atoms with van der Waals surface area (Å²) in [6.07, 6.45) is 6.39. The van der Waals surface area contributed by atoms with Crippen LogP contribution in [0.15, 0.2) is 59.7 Å². The third-order valence-corrected chi connectivity index (χ3v) is 12.6. The minimum atomic E-state index is -1.66. The van der Waals surface area contributed by atoms with Crippen LogP contribution in [-0.2, 0) is 27.7 Å². The molecule has 1 saturated heterocycles. The molecule has 3 aliphatic rings. The first-order chi connectivity index (χ1) is 13.8. The molecule has 0 N–H and O–H groups in total. The van der Waals surface area contributed by atoms with Crippen molar-refractivity contribution < 1.29 is 52.5 Å². The molecule has 31 heavy (non-hydrogen) atoms. The normalized spacial score (nSPS) is 25.7. The predicted octanol–water partition coefficient (Wildman–Crippen LogP) is 1.00. The maximum atomic E-state index is 6.92. The number of hydrogen-bond acceptors (Lipinski definition) is 1. The van der Waals surface area contributed by atoms with E-state index in [-0.39, 0.29) is 36.3 Å². The first kappa shape index (κ1) is 25.2. The molecule has 1 aliphatic heterocycles. The largest absolute Gasteiger partial charge is 1.00 e. The molecule has 3 atom stereocenters. The second-order valence-electron chi connectivity index (χ2n) is 9.82. The molecular formula is C26H30Cl2OSiZr. The summed E-state index contributed by atoms with van der Waals surface area (Å²) in [6, 6.07) is 18.3. The Hall–Kier alpha value is -0.440. The van der Waals surface area contributed by atoms with E-state index in [2.05, 4.69) is 94.2 Å². The monoisotopic (exact) mass is 546 g/mol. The van der Waals surface area contributed by atoms with Gasteiger partial charge in [-0.3, -0.25) is 0 Å². The van der Waals surface area contributed by atoms with E-state index < -0.39 is 31.6 Å². The maximum Gasteiger partial charge on any atom is -1.00 e. The first-order valence-corrected chi connectivity index (χ1v) is 17.1. The van der Waals surface area contributed by atoms with Crippen molar-refractivity contribution >= 4 is 20.5 Å². The van der Waals surface area contributed by atoms with Gasteiger partial charge in [0.1, 0.15) is 0 Å². The summed E-state index contributed by atoms with van der Waals surface area (Å²) in [5.74, 6) is 0. The van der Waals surface area contributed by atoms with Gasteiger partial charge in [-0.2, -0.15) is 0 Å². The fraction of sp³-hybridized carbons (Fsp3) is 0.385. The van der Waals surface area contributed by atoms with Gasteiger partial charge < -0.3 is 24.8 Å².